The standard InChI is InChI=1S/C12H16N4/c1-2-7-16-11(3-6-15-16)8-10-9-14-5-4-12(10)13/h3-6,9H,2,7-8H2,1H3,(H2,13,14). The number of aryl methyl sites for hydroxylation is 1. The Morgan fingerprint density at radius 1 is 1.31 bits per heavy atom. The number of anilines is 1. The molecule has 4 heteroatoms. The van der Waals surface area contributed by atoms with Gasteiger partial charge in [-0.05, 0) is 24.1 Å². The highest BCUT2D eigenvalue weighted by Crippen LogP contribution is 2.14. The van der Waals surface area contributed by atoms with Crippen molar-refractivity contribution in [1.29, 1.82) is 0 Å². The van der Waals surface area contributed by atoms with Crippen molar-refractivity contribution in [2.75, 3.05) is 5.73 Å². The first-order valence-corrected chi connectivity index (χ1v) is 5.50. The van der Waals surface area contributed by atoms with Crippen LogP contribution in [-0.4, -0.2) is 14.8 Å². The first kappa shape index (κ1) is 10.7. The first-order valence-electron chi connectivity index (χ1n) is 5.50. The minimum Gasteiger partial charge on any atom is -0.398 e. The molecule has 2 N–H and O–H groups in total. The van der Waals surface area contributed by atoms with Crippen LogP contribution in [0, 0.1) is 0 Å². The summed E-state index contributed by atoms with van der Waals surface area (Å²) in [7, 11) is 0. The van der Waals surface area contributed by atoms with E-state index in [1.54, 1.807) is 6.20 Å². The summed E-state index contributed by atoms with van der Waals surface area (Å²) in [5.74, 6) is 0. The van der Waals surface area contributed by atoms with E-state index in [0.717, 1.165) is 30.6 Å². The van der Waals surface area contributed by atoms with Crippen molar-refractivity contribution in [3.63, 3.8) is 0 Å². The zero-order valence-corrected chi connectivity index (χ0v) is 9.43. The maximum absolute atomic E-state index is 5.89. The molecule has 2 aromatic rings. The van der Waals surface area contributed by atoms with E-state index >= 15 is 0 Å². The van der Waals surface area contributed by atoms with Crippen molar-refractivity contribution in [3.05, 3.63) is 42.0 Å². The molecule has 84 valence electrons. The van der Waals surface area contributed by atoms with E-state index in [1.165, 1.54) is 5.69 Å². The predicted octanol–water partition coefficient (Wildman–Crippen LogP) is 1.86. The molecule has 16 heavy (non-hydrogen) atoms. The third-order valence-electron chi connectivity index (χ3n) is 2.55. The van der Waals surface area contributed by atoms with Crippen LogP contribution in [0.4, 0.5) is 5.69 Å². The highest BCUT2D eigenvalue weighted by atomic mass is 15.3. The molecule has 0 amide bonds. The topological polar surface area (TPSA) is 56.7 Å². The van der Waals surface area contributed by atoms with Crippen LogP contribution in [0.3, 0.4) is 0 Å². The maximum atomic E-state index is 5.89. The number of rotatable bonds is 4. The molecule has 2 aromatic heterocycles. The van der Waals surface area contributed by atoms with Crippen LogP contribution in [0.15, 0.2) is 30.7 Å². The number of nitrogen functional groups attached to an aromatic ring is 1. The molecule has 0 aromatic carbocycles. The van der Waals surface area contributed by atoms with Crippen LogP contribution in [0.1, 0.15) is 24.6 Å². The van der Waals surface area contributed by atoms with Crippen molar-refractivity contribution in [2.24, 2.45) is 0 Å². The van der Waals surface area contributed by atoms with Gasteiger partial charge in [0, 0.05) is 42.9 Å². The fraction of sp³-hybridized carbons (Fsp3) is 0.333. The maximum Gasteiger partial charge on any atom is 0.0492 e. The summed E-state index contributed by atoms with van der Waals surface area (Å²) in [6.45, 7) is 3.09. The van der Waals surface area contributed by atoms with Gasteiger partial charge in [0.25, 0.3) is 0 Å². The number of aromatic nitrogens is 3. The molecular formula is C12H16N4. The van der Waals surface area contributed by atoms with Gasteiger partial charge in [0.2, 0.25) is 0 Å². The van der Waals surface area contributed by atoms with Gasteiger partial charge in [0.1, 0.15) is 0 Å². The second-order valence-electron chi connectivity index (χ2n) is 3.80. The normalized spacial score (nSPS) is 10.6. The Kier molecular flexibility index (Phi) is 3.19. The van der Waals surface area contributed by atoms with Crippen molar-refractivity contribution in [2.45, 2.75) is 26.3 Å². The molecular weight excluding hydrogens is 200 g/mol. The molecule has 0 radical (unpaired) electrons. The van der Waals surface area contributed by atoms with Crippen LogP contribution in [0.2, 0.25) is 0 Å². The lowest BCUT2D eigenvalue weighted by Crippen LogP contribution is -2.06. The quantitative estimate of drug-likeness (QED) is 0.848. The summed E-state index contributed by atoms with van der Waals surface area (Å²) < 4.78 is 2.02. The number of hydrogen-bond donors (Lipinski definition) is 1. The molecule has 0 saturated carbocycles. The molecule has 2 heterocycles. The van der Waals surface area contributed by atoms with Gasteiger partial charge >= 0.3 is 0 Å². The minimum atomic E-state index is 0.791. The van der Waals surface area contributed by atoms with Crippen LogP contribution in [0.25, 0.3) is 0 Å². The van der Waals surface area contributed by atoms with Crippen molar-refractivity contribution < 1.29 is 0 Å². The second-order valence-corrected chi connectivity index (χ2v) is 3.80. The summed E-state index contributed by atoms with van der Waals surface area (Å²) in [5, 5.41) is 4.29. The minimum absolute atomic E-state index is 0.791. The Labute approximate surface area is 95.1 Å². The largest absolute Gasteiger partial charge is 0.398 e. The highest BCUT2D eigenvalue weighted by molar-refractivity contribution is 5.45. The Bertz CT molecular complexity index is 462. The van der Waals surface area contributed by atoms with Gasteiger partial charge in [-0.1, -0.05) is 6.92 Å². The van der Waals surface area contributed by atoms with Crippen molar-refractivity contribution in [3.8, 4) is 0 Å². The van der Waals surface area contributed by atoms with E-state index in [4.69, 9.17) is 5.73 Å². The lowest BCUT2D eigenvalue weighted by Gasteiger charge is -2.07. The molecule has 0 aliphatic heterocycles. The Morgan fingerprint density at radius 3 is 2.94 bits per heavy atom. The van der Waals surface area contributed by atoms with Crippen LogP contribution >= 0.6 is 0 Å². The van der Waals surface area contributed by atoms with Crippen molar-refractivity contribution >= 4 is 5.69 Å². The van der Waals surface area contributed by atoms with Crippen LogP contribution in [0.5, 0.6) is 0 Å². The van der Waals surface area contributed by atoms with Gasteiger partial charge < -0.3 is 5.73 Å². The Hall–Kier alpha value is -1.84. The smallest absolute Gasteiger partial charge is 0.0492 e. The fourth-order valence-electron chi connectivity index (χ4n) is 1.70. The van der Waals surface area contributed by atoms with E-state index in [9.17, 15) is 0 Å². The monoisotopic (exact) mass is 216 g/mol. The average Bonchev–Trinajstić information content (AvgIpc) is 2.70. The Balaban J connectivity index is 2.20. The number of pyridine rings is 1. The lowest BCUT2D eigenvalue weighted by atomic mass is 10.1. The predicted molar refractivity (Wildman–Crippen MR) is 64.0 cm³/mol. The van der Waals surface area contributed by atoms with Crippen LogP contribution in [-0.2, 0) is 13.0 Å². The summed E-state index contributed by atoms with van der Waals surface area (Å²) in [6, 6.07) is 3.86. The van der Waals surface area contributed by atoms with E-state index in [0.29, 0.717) is 0 Å². The van der Waals surface area contributed by atoms with E-state index in [2.05, 4.69) is 17.0 Å². The van der Waals surface area contributed by atoms with Gasteiger partial charge in [0.15, 0.2) is 0 Å². The SMILES string of the molecule is CCCn1nccc1Cc1cnccc1N. The molecule has 0 spiro atoms. The van der Waals surface area contributed by atoms with Gasteiger partial charge in [-0.2, -0.15) is 5.10 Å². The molecule has 0 aliphatic rings. The zero-order valence-electron chi connectivity index (χ0n) is 9.43. The lowest BCUT2D eigenvalue weighted by molar-refractivity contribution is 0.580. The zero-order chi connectivity index (χ0) is 11.4. The number of hydrogen-bond acceptors (Lipinski definition) is 3. The second kappa shape index (κ2) is 4.79. The summed E-state index contributed by atoms with van der Waals surface area (Å²) in [6.07, 6.45) is 7.23. The fourth-order valence-corrected chi connectivity index (χ4v) is 1.70. The molecule has 0 aliphatic carbocycles. The van der Waals surface area contributed by atoms with E-state index in [-0.39, 0.29) is 0 Å². The van der Waals surface area contributed by atoms with Gasteiger partial charge in [-0.25, -0.2) is 0 Å². The molecule has 2 rings (SSSR count). The summed E-state index contributed by atoms with van der Waals surface area (Å²) in [4.78, 5) is 4.09. The summed E-state index contributed by atoms with van der Waals surface area (Å²) >= 11 is 0. The van der Waals surface area contributed by atoms with Crippen LogP contribution < -0.4 is 5.73 Å². The summed E-state index contributed by atoms with van der Waals surface area (Å²) in [5.41, 5.74) is 8.92. The third-order valence-corrected chi connectivity index (χ3v) is 2.55. The van der Waals surface area contributed by atoms with Gasteiger partial charge in [-0.3, -0.25) is 9.67 Å². The van der Waals surface area contributed by atoms with E-state index in [1.807, 2.05) is 29.2 Å². The van der Waals surface area contributed by atoms with E-state index < -0.39 is 0 Å². The van der Waals surface area contributed by atoms with Gasteiger partial charge in [-0.15, -0.1) is 0 Å². The Morgan fingerprint density at radius 2 is 2.19 bits per heavy atom. The molecule has 0 bridgehead atoms. The third kappa shape index (κ3) is 2.21. The molecule has 0 unspecified atom stereocenters. The highest BCUT2D eigenvalue weighted by Gasteiger charge is 2.05. The molecule has 0 saturated heterocycles. The average molecular weight is 216 g/mol. The van der Waals surface area contributed by atoms with Gasteiger partial charge in [0.05, 0.1) is 0 Å². The number of nitrogens with two attached hydrogens (primary N) is 1. The first-order chi connectivity index (χ1) is 7.81. The van der Waals surface area contributed by atoms with Crippen molar-refractivity contribution in [1.82, 2.24) is 14.8 Å². The number of nitrogens with zero attached hydrogens (tertiary/aromatic N) is 3. The molecule has 0 fully saturated rings. The molecule has 4 nitrogen and oxygen atoms in total. The molecule has 0 atom stereocenters.